The number of rotatable bonds is 11. The number of ether oxygens (including phenoxy) is 3. The van der Waals surface area contributed by atoms with Crippen LogP contribution in [0.15, 0.2) is 76.4 Å². The molecule has 1 N–H and O–H groups in total. The molecule has 1 amide bonds. The third kappa shape index (κ3) is 5.62. The summed E-state index contributed by atoms with van der Waals surface area (Å²) in [7, 11) is 1.52. The minimum absolute atomic E-state index is 0.0331. The van der Waals surface area contributed by atoms with Crippen LogP contribution in [0, 0.1) is 12.8 Å². The van der Waals surface area contributed by atoms with Gasteiger partial charge in [0.1, 0.15) is 0 Å². The van der Waals surface area contributed by atoms with Crippen LogP contribution in [0.4, 0.5) is 5.13 Å². The molecule has 0 aliphatic carbocycles. The Labute approximate surface area is 264 Å². The van der Waals surface area contributed by atoms with Gasteiger partial charge in [0.15, 0.2) is 39.5 Å². The van der Waals surface area contributed by atoms with Crippen molar-refractivity contribution >= 4 is 49.3 Å². The number of nitrogens with zero attached hydrogens (tertiary/aromatic N) is 2. The number of anilines is 1. The van der Waals surface area contributed by atoms with Crippen molar-refractivity contribution in [3.05, 3.63) is 88.9 Å². The molecule has 0 radical (unpaired) electrons. The van der Waals surface area contributed by atoms with Gasteiger partial charge in [-0.1, -0.05) is 49.4 Å². The number of furan rings is 1. The van der Waals surface area contributed by atoms with Crippen LogP contribution in [0.1, 0.15) is 54.9 Å². The van der Waals surface area contributed by atoms with E-state index in [0.29, 0.717) is 63.6 Å². The number of carbonyl (C=O) groups is 2. The number of amides is 1. The molecule has 1 aliphatic rings. The fourth-order valence-corrected chi connectivity index (χ4v) is 6.49. The Bertz CT molecular complexity index is 1950. The number of Topliss-reactive ketones (excluding diaryl/α,β-unsaturated/α-hetero) is 1. The summed E-state index contributed by atoms with van der Waals surface area (Å²) in [6, 6.07) is 17.0. The standard InChI is InChI=1S/C35H34N2O7S/c1-6-42-26-17-21(11-13-24(26)43-15-14-19(2)3)30-29(31(38)27-18-22-8-7-9-25(41-5)33(22)44-27)32(39)34(40)37(30)35-36-23-12-10-20(4)16-28(23)45-35/h7-13,16-19,30,39H,6,14-15H2,1-5H3. The van der Waals surface area contributed by atoms with E-state index in [1.54, 1.807) is 42.5 Å². The maximum Gasteiger partial charge on any atom is 0.296 e. The monoisotopic (exact) mass is 626 g/mol. The molecule has 0 saturated heterocycles. The number of aromatic nitrogens is 1. The van der Waals surface area contributed by atoms with Gasteiger partial charge in [-0.05, 0) is 73.7 Å². The molecule has 0 fully saturated rings. The van der Waals surface area contributed by atoms with Gasteiger partial charge in [-0.25, -0.2) is 4.98 Å². The van der Waals surface area contributed by atoms with Crippen molar-refractivity contribution in [3.8, 4) is 17.2 Å². The van der Waals surface area contributed by atoms with E-state index in [-0.39, 0.29) is 11.3 Å². The van der Waals surface area contributed by atoms with Crippen molar-refractivity contribution in [2.45, 2.75) is 40.2 Å². The predicted octanol–water partition coefficient (Wildman–Crippen LogP) is 7.97. The second-order valence-corrected chi connectivity index (χ2v) is 12.3. The van der Waals surface area contributed by atoms with E-state index in [2.05, 4.69) is 13.8 Å². The van der Waals surface area contributed by atoms with Crippen molar-refractivity contribution in [2.24, 2.45) is 5.92 Å². The number of para-hydroxylation sites is 1. The summed E-state index contributed by atoms with van der Waals surface area (Å²) >= 11 is 1.31. The summed E-state index contributed by atoms with van der Waals surface area (Å²) in [5.74, 6) is -0.102. The molecule has 3 aromatic carbocycles. The van der Waals surface area contributed by atoms with Crippen LogP contribution in [-0.4, -0.2) is 42.1 Å². The van der Waals surface area contributed by atoms with Crippen molar-refractivity contribution in [2.75, 3.05) is 25.2 Å². The lowest BCUT2D eigenvalue weighted by atomic mass is 9.95. The molecule has 6 rings (SSSR count). The average molecular weight is 627 g/mol. The average Bonchev–Trinajstić information content (AvgIpc) is 3.71. The Hall–Kier alpha value is -4.83. The summed E-state index contributed by atoms with van der Waals surface area (Å²) in [6.45, 7) is 8.99. The SMILES string of the molecule is CCOc1cc(C2C(C(=O)c3cc4cccc(OC)c4o3)=C(O)C(=O)N2c2nc3ccc(C)cc3s2)ccc1OCCC(C)C. The minimum atomic E-state index is -1.02. The highest BCUT2D eigenvalue weighted by atomic mass is 32.1. The zero-order valence-corrected chi connectivity index (χ0v) is 26.6. The summed E-state index contributed by atoms with van der Waals surface area (Å²) < 4.78 is 24.3. The molecular formula is C35H34N2O7S. The fraction of sp³-hybridized carbons (Fsp3) is 0.286. The number of benzene rings is 3. The number of thiazole rings is 1. The van der Waals surface area contributed by atoms with Crippen molar-refractivity contribution in [3.63, 3.8) is 0 Å². The Kier molecular flexibility index (Phi) is 8.24. The van der Waals surface area contributed by atoms with E-state index in [9.17, 15) is 14.7 Å². The summed E-state index contributed by atoms with van der Waals surface area (Å²) in [5.41, 5.74) is 2.57. The number of methoxy groups -OCH3 is 1. The molecular weight excluding hydrogens is 592 g/mol. The van der Waals surface area contributed by atoms with Crippen LogP contribution in [0.5, 0.6) is 17.2 Å². The van der Waals surface area contributed by atoms with Crippen LogP contribution in [0.3, 0.4) is 0 Å². The molecule has 45 heavy (non-hydrogen) atoms. The first-order chi connectivity index (χ1) is 21.7. The highest BCUT2D eigenvalue weighted by molar-refractivity contribution is 7.22. The number of ketones is 1. The van der Waals surface area contributed by atoms with Gasteiger partial charge in [0.25, 0.3) is 5.91 Å². The number of hydrogen-bond donors (Lipinski definition) is 1. The summed E-state index contributed by atoms with van der Waals surface area (Å²) in [6.07, 6.45) is 0.868. The number of aryl methyl sites for hydroxylation is 1. The van der Waals surface area contributed by atoms with Crippen molar-refractivity contribution in [1.82, 2.24) is 4.98 Å². The molecule has 1 aliphatic heterocycles. The van der Waals surface area contributed by atoms with E-state index in [1.165, 1.54) is 23.3 Å². The van der Waals surface area contributed by atoms with Crippen molar-refractivity contribution < 1.29 is 33.3 Å². The molecule has 1 atom stereocenters. The normalized spacial score (nSPS) is 15.1. The molecule has 0 spiro atoms. The summed E-state index contributed by atoms with van der Waals surface area (Å²) in [4.78, 5) is 34.2. The van der Waals surface area contributed by atoms with E-state index < -0.39 is 23.5 Å². The lowest BCUT2D eigenvalue weighted by molar-refractivity contribution is -0.117. The van der Waals surface area contributed by atoms with Gasteiger partial charge in [-0.3, -0.25) is 14.5 Å². The van der Waals surface area contributed by atoms with E-state index >= 15 is 0 Å². The molecule has 1 unspecified atom stereocenters. The van der Waals surface area contributed by atoms with Gasteiger partial charge in [-0.2, -0.15) is 0 Å². The number of fused-ring (bicyclic) bond motifs is 2. The van der Waals surface area contributed by atoms with Crippen LogP contribution < -0.4 is 19.1 Å². The second kappa shape index (κ2) is 12.3. The Balaban J connectivity index is 1.48. The van der Waals surface area contributed by atoms with Gasteiger partial charge in [0.05, 0.1) is 42.2 Å². The number of hydrogen-bond acceptors (Lipinski definition) is 9. The van der Waals surface area contributed by atoms with Gasteiger partial charge < -0.3 is 23.7 Å². The Morgan fingerprint density at radius 2 is 1.89 bits per heavy atom. The lowest BCUT2D eigenvalue weighted by Crippen LogP contribution is -2.31. The Morgan fingerprint density at radius 3 is 2.64 bits per heavy atom. The van der Waals surface area contributed by atoms with Crippen LogP contribution in [-0.2, 0) is 4.79 Å². The van der Waals surface area contributed by atoms with Gasteiger partial charge >= 0.3 is 0 Å². The minimum Gasteiger partial charge on any atom is -0.503 e. The van der Waals surface area contributed by atoms with Crippen molar-refractivity contribution in [1.29, 1.82) is 0 Å². The maximum absolute atomic E-state index is 14.2. The highest BCUT2D eigenvalue weighted by Gasteiger charge is 2.47. The quantitative estimate of drug-likeness (QED) is 0.147. The molecule has 5 aromatic rings. The van der Waals surface area contributed by atoms with E-state index in [1.807, 2.05) is 32.0 Å². The zero-order valence-electron chi connectivity index (χ0n) is 25.7. The number of aliphatic hydroxyl groups excluding tert-OH is 1. The first kappa shape index (κ1) is 30.2. The smallest absolute Gasteiger partial charge is 0.296 e. The molecule has 0 bridgehead atoms. The second-order valence-electron chi connectivity index (χ2n) is 11.3. The zero-order chi connectivity index (χ0) is 31.8. The van der Waals surface area contributed by atoms with Crippen LogP contribution in [0.25, 0.3) is 21.2 Å². The molecule has 0 saturated carbocycles. The molecule has 10 heteroatoms. The predicted molar refractivity (Wildman–Crippen MR) is 174 cm³/mol. The third-order valence-corrected chi connectivity index (χ3v) is 8.70. The number of carbonyl (C=O) groups excluding carboxylic acids is 2. The highest BCUT2D eigenvalue weighted by Crippen LogP contribution is 2.46. The lowest BCUT2D eigenvalue weighted by Gasteiger charge is -2.25. The number of aliphatic hydroxyl groups is 1. The molecule has 2 aromatic heterocycles. The molecule has 3 heterocycles. The first-order valence-corrected chi connectivity index (χ1v) is 15.7. The fourth-order valence-electron chi connectivity index (χ4n) is 5.40. The summed E-state index contributed by atoms with van der Waals surface area (Å²) in [5, 5.41) is 12.4. The van der Waals surface area contributed by atoms with Gasteiger partial charge in [0.2, 0.25) is 5.78 Å². The Morgan fingerprint density at radius 1 is 1.07 bits per heavy atom. The van der Waals surface area contributed by atoms with E-state index in [4.69, 9.17) is 23.6 Å². The largest absolute Gasteiger partial charge is 0.503 e. The topological polar surface area (TPSA) is 111 Å². The van der Waals surface area contributed by atoms with Gasteiger partial charge in [0, 0.05) is 5.39 Å². The molecule has 232 valence electrons. The third-order valence-electron chi connectivity index (χ3n) is 7.68. The molecule has 9 nitrogen and oxygen atoms in total. The van der Waals surface area contributed by atoms with E-state index in [0.717, 1.165) is 16.7 Å². The van der Waals surface area contributed by atoms with Crippen LogP contribution in [0.2, 0.25) is 0 Å². The first-order valence-electron chi connectivity index (χ1n) is 14.8. The maximum atomic E-state index is 14.2. The van der Waals surface area contributed by atoms with Crippen LogP contribution >= 0.6 is 11.3 Å². The van der Waals surface area contributed by atoms with Gasteiger partial charge in [-0.15, -0.1) is 0 Å².